The number of aliphatic hydroxyl groups is 1. The van der Waals surface area contributed by atoms with Gasteiger partial charge in [0.2, 0.25) is 5.78 Å². The number of Topliss-reactive ketones (excluding diaryl/α,β-unsaturated/α-hetero) is 1. The molecule has 6 aliphatic rings. The standard InChI is InChI=1S/C41H62N2O9/c1-38(2,3)52-37(48)42-30(15-11-12-20-43(6)7)35(47)49-24-32(46)41-33(50-36(51-41)25-13-9-8-10-14-25)22-29-28-17-16-26-21-27(44)18-19-39(26,4)34(28)31(45)23-40(29,41)5/h18-19,21,25,28-31,33-34,36,45H,8-17,20,22-24H2,1-7H3,(H,42,48)/t28?,29?,30-,31-,33+,34?,36+,39-,40-,41+/m0/s1. The fourth-order valence-electron chi connectivity index (χ4n) is 11.0. The number of ether oxygens (including phenoxy) is 4. The van der Waals surface area contributed by atoms with Crippen LogP contribution in [0, 0.1) is 34.5 Å². The summed E-state index contributed by atoms with van der Waals surface area (Å²) in [5.74, 6) is -0.901. The molecule has 0 radical (unpaired) electrons. The Morgan fingerprint density at radius 3 is 2.52 bits per heavy atom. The maximum atomic E-state index is 14.9. The maximum absolute atomic E-state index is 14.9. The van der Waals surface area contributed by atoms with Crippen LogP contribution in [0.4, 0.5) is 4.79 Å². The molecular weight excluding hydrogens is 664 g/mol. The molecule has 10 atom stereocenters. The predicted octanol–water partition coefficient (Wildman–Crippen LogP) is 5.67. The van der Waals surface area contributed by atoms with Crippen molar-refractivity contribution >= 4 is 23.6 Å². The van der Waals surface area contributed by atoms with Gasteiger partial charge in [0, 0.05) is 22.7 Å². The summed E-state index contributed by atoms with van der Waals surface area (Å²) in [6, 6.07) is -0.987. The number of aliphatic hydroxyl groups excluding tert-OH is 1. The summed E-state index contributed by atoms with van der Waals surface area (Å²) in [5.41, 5.74) is -2.31. The van der Waals surface area contributed by atoms with Crippen LogP contribution in [0.15, 0.2) is 23.8 Å². The Kier molecular flexibility index (Phi) is 11.2. The number of ketones is 2. The van der Waals surface area contributed by atoms with Crippen molar-refractivity contribution in [2.24, 2.45) is 34.5 Å². The van der Waals surface area contributed by atoms with Gasteiger partial charge >= 0.3 is 12.1 Å². The van der Waals surface area contributed by atoms with Gasteiger partial charge in [-0.25, -0.2) is 9.59 Å². The lowest BCUT2D eigenvalue weighted by Gasteiger charge is -2.59. The molecule has 1 saturated heterocycles. The van der Waals surface area contributed by atoms with Crippen molar-refractivity contribution in [3.8, 4) is 0 Å². The molecule has 4 saturated carbocycles. The third kappa shape index (κ3) is 7.28. The number of hydrogen-bond donors (Lipinski definition) is 2. The molecule has 52 heavy (non-hydrogen) atoms. The fraction of sp³-hybridized carbons (Fsp3) is 0.805. The van der Waals surface area contributed by atoms with Gasteiger partial charge in [-0.3, -0.25) is 9.59 Å². The normalized spacial score (nSPS) is 37.7. The highest BCUT2D eigenvalue weighted by atomic mass is 16.7. The van der Waals surface area contributed by atoms with Gasteiger partial charge in [0.25, 0.3) is 0 Å². The van der Waals surface area contributed by atoms with Gasteiger partial charge in [0.05, 0.1) is 12.2 Å². The number of hydrogen-bond acceptors (Lipinski definition) is 10. The molecule has 1 heterocycles. The Balaban J connectivity index is 1.25. The first kappa shape index (κ1) is 39.1. The van der Waals surface area contributed by atoms with Gasteiger partial charge in [-0.1, -0.05) is 44.8 Å². The molecule has 0 aromatic carbocycles. The molecule has 11 nitrogen and oxygen atoms in total. The van der Waals surface area contributed by atoms with Gasteiger partial charge in [-0.05, 0) is 123 Å². The largest absolute Gasteiger partial charge is 0.456 e. The van der Waals surface area contributed by atoms with E-state index in [0.717, 1.165) is 57.1 Å². The minimum atomic E-state index is -1.40. The fourth-order valence-corrected chi connectivity index (χ4v) is 11.0. The number of rotatable bonds is 11. The first-order chi connectivity index (χ1) is 24.5. The average Bonchev–Trinajstić information content (AvgIpc) is 3.57. The molecule has 6 rings (SSSR count). The Morgan fingerprint density at radius 1 is 1.10 bits per heavy atom. The number of alkyl carbamates (subject to hydrolysis) is 1. The molecule has 1 aliphatic heterocycles. The maximum Gasteiger partial charge on any atom is 0.408 e. The van der Waals surface area contributed by atoms with E-state index >= 15 is 0 Å². The van der Waals surface area contributed by atoms with Crippen molar-refractivity contribution < 1.29 is 43.2 Å². The summed E-state index contributed by atoms with van der Waals surface area (Å²) in [7, 11) is 3.96. The highest BCUT2D eigenvalue weighted by Crippen LogP contribution is 2.70. The van der Waals surface area contributed by atoms with Crippen molar-refractivity contribution in [2.45, 2.75) is 147 Å². The molecule has 2 N–H and O–H groups in total. The molecule has 0 aromatic heterocycles. The van der Waals surface area contributed by atoms with Crippen molar-refractivity contribution in [1.82, 2.24) is 10.2 Å². The van der Waals surface area contributed by atoms with Crippen molar-refractivity contribution in [3.63, 3.8) is 0 Å². The molecule has 5 fully saturated rings. The average molecular weight is 727 g/mol. The molecule has 0 spiro atoms. The van der Waals surface area contributed by atoms with Gasteiger partial charge in [0.1, 0.15) is 11.6 Å². The number of fused-ring (bicyclic) bond motifs is 7. The molecule has 11 heteroatoms. The van der Waals surface area contributed by atoms with Crippen LogP contribution < -0.4 is 5.32 Å². The number of allylic oxidation sites excluding steroid dienone is 4. The zero-order valence-electron chi connectivity index (χ0n) is 32.4. The molecule has 5 aliphatic carbocycles. The summed E-state index contributed by atoms with van der Waals surface area (Å²) >= 11 is 0. The Labute approximate surface area is 309 Å². The lowest BCUT2D eigenvalue weighted by Crippen LogP contribution is -2.64. The number of carbonyl (C=O) groups is 4. The monoisotopic (exact) mass is 726 g/mol. The SMILES string of the molecule is CN(C)CCCC[C@H](NC(=O)OC(C)(C)C)C(=O)OCC(=O)[C@@]12O[C@H](C3CCCCC3)O[C@@H]1CC1C3CCC4=CC(=O)C=C[C@]4(C)C3[C@@H](O)C[C@@]12C. The van der Waals surface area contributed by atoms with Crippen LogP contribution in [0.5, 0.6) is 0 Å². The summed E-state index contributed by atoms with van der Waals surface area (Å²) in [5, 5.41) is 14.8. The Morgan fingerprint density at radius 2 is 1.83 bits per heavy atom. The van der Waals surface area contributed by atoms with Crippen LogP contribution in [0.2, 0.25) is 0 Å². The van der Waals surface area contributed by atoms with Crippen LogP contribution >= 0.6 is 0 Å². The van der Waals surface area contributed by atoms with Crippen molar-refractivity contribution in [3.05, 3.63) is 23.8 Å². The third-order valence-corrected chi connectivity index (χ3v) is 13.4. The second-order valence-electron chi connectivity index (χ2n) is 18.2. The second-order valence-corrected chi connectivity index (χ2v) is 18.2. The molecular formula is C41H62N2O9. The van der Waals surface area contributed by atoms with E-state index in [1.807, 2.05) is 20.2 Å². The van der Waals surface area contributed by atoms with Gasteiger partial charge in [-0.2, -0.15) is 0 Å². The topological polar surface area (TPSA) is 141 Å². The zero-order valence-corrected chi connectivity index (χ0v) is 32.4. The van der Waals surface area contributed by atoms with E-state index < -0.39 is 65.2 Å². The molecule has 0 bridgehead atoms. The number of esters is 1. The number of carbonyl (C=O) groups excluding carboxylic acids is 4. The second kappa shape index (κ2) is 14.9. The summed E-state index contributed by atoms with van der Waals surface area (Å²) in [6.07, 6.45) is 12.4. The van der Waals surface area contributed by atoms with Crippen LogP contribution in [0.25, 0.3) is 0 Å². The minimum Gasteiger partial charge on any atom is -0.456 e. The van der Waals surface area contributed by atoms with Gasteiger partial charge < -0.3 is 34.3 Å². The van der Waals surface area contributed by atoms with Gasteiger partial charge in [-0.15, -0.1) is 0 Å². The van der Waals surface area contributed by atoms with E-state index in [2.05, 4.69) is 24.1 Å². The van der Waals surface area contributed by atoms with Crippen molar-refractivity contribution in [1.29, 1.82) is 0 Å². The van der Waals surface area contributed by atoms with E-state index in [1.54, 1.807) is 32.9 Å². The molecule has 290 valence electrons. The highest BCUT2D eigenvalue weighted by molar-refractivity contribution is 6.01. The minimum absolute atomic E-state index is 0.0109. The Bertz CT molecular complexity index is 1450. The van der Waals surface area contributed by atoms with Gasteiger partial charge in [0.15, 0.2) is 24.3 Å². The van der Waals surface area contributed by atoms with E-state index in [0.29, 0.717) is 25.7 Å². The molecule has 1 amide bonds. The van der Waals surface area contributed by atoms with Crippen LogP contribution in [-0.4, -0.2) is 96.6 Å². The van der Waals surface area contributed by atoms with E-state index in [-0.39, 0.29) is 35.2 Å². The Hall–Kier alpha value is -2.60. The summed E-state index contributed by atoms with van der Waals surface area (Å²) in [4.78, 5) is 55.7. The van der Waals surface area contributed by atoms with Crippen LogP contribution in [-0.2, 0) is 33.3 Å². The summed E-state index contributed by atoms with van der Waals surface area (Å²) < 4.78 is 25.0. The smallest absolute Gasteiger partial charge is 0.408 e. The lowest BCUT2D eigenvalue weighted by atomic mass is 9.46. The quantitative estimate of drug-likeness (QED) is 0.202. The molecule has 0 aromatic rings. The molecule has 3 unspecified atom stereocenters. The summed E-state index contributed by atoms with van der Waals surface area (Å²) in [6.45, 7) is 9.78. The number of nitrogens with one attached hydrogen (secondary N) is 1. The number of unbranched alkanes of at least 4 members (excludes halogenated alkanes) is 1. The lowest BCUT2D eigenvalue weighted by molar-refractivity contribution is -0.210. The number of nitrogens with zero attached hydrogens (tertiary/aromatic N) is 1. The van der Waals surface area contributed by atoms with E-state index in [9.17, 15) is 24.3 Å². The predicted molar refractivity (Wildman–Crippen MR) is 194 cm³/mol. The highest BCUT2D eigenvalue weighted by Gasteiger charge is 2.76. The van der Waals surface area contributed by atoms with E-state index in [1.165, 1.54) is 6.42 Å². The van der Waals surface area contributed by atoms with Crippen LogP contribution in [0.1, 0.15) is 112 Å². The zero-order chi connectivity index (χ0) is 37.6. The van der Waals surface area contributed by atoms with Crippen molar-refractivity contribution in [2.75, 3.05) is 27.2 Å². The van der Waals surface area contributed by atoms with E-state index in [4.69, 9.17) is 18.9 Å². The first-order valence-electron chi connectivity index (χ1n) is 19.8. The third-order valence-electron chi connectivity index (χ3n) is 13.4. The first-order valence-corrected chi connectivity index (χ1v) is 19.8. The number of amides is 1. The van der Waals surface area contributed by atoms with Crippen LogP contribution in [0.3, 0.4) is 0 Å².